The summed E-state index contributed by atoms with van der Waals surface area (Å²) in [6.07, 6.45) is 0.455. The minimum atomic E-state index is -0.989. The first-order chi connectivity index (χ1) is 11.1. The Morgan fingerprint density at radius 1 is 1.43 bits per heavy atom. The average molecular weight is 330 g/mol. The Balaban J connectivity index is 1.68. The van der Waals surface area contributed by atoms with E-state index in [1.54, 1.807) is 25.4 Å². The fourth-order valence-electron chi connectivity index (χ4n) is 2.41. The lowest BCUT2D eigenvalue weighted by atomic mass is 9.98. The van der Waals surface area contributed by atoms with Crippen LogP contribution in [0.1, 0.15) is 23.8 Å². The van der Waals surface area contributed by atoms with Crippen LogP contribution in [0.4, 0.5) is 5.69 Å². The number of amides is 1. The molecule has 2 heterocycles. The summed E-state index contributed by atoms with van der Waals surface area (Å²) < 4.78 is 5.11. The highest BCUT2D eigenvalue weighted by Gasteiger charge is 2.42. The molecule has 3 rings (SSSR count). The van der Waals surface area contributed by atoms with Gasteiger partial charge in [-0.15, -0.1) is 11.3 Å². The number of nitrogens with one attached hydrogen (secondary N) is 1. The van der Waals surface area contributed by atoms with E-state index in [1.807, 2.05) is 41.8 Å². The van der Waals surface area contributed by atoms with E-state index in [0.29, 0.717) is 13.0 Å². The van der Waals surface area contributed by atoms with Crippen LogP contribution >= 0.6 is 11.3 Å². The van der Waals surface area contributed by atoms with Gasteiger partial charge in [0.1, 0.15) is 5.71 Å². The van der Waals surface area contributed by atoms with Gasteiger partial charge < -0.3 is 14.9 Å². The van der Waals surface area contributed by atoms with Gasteiger partial charge in [-0.2, -0.15) is 0 Å². The first kappa shape index (κ1) is 15.7. The van der Waals surface area contributed by atoms with Crippen LogP contribution in [0.5, 0.6) is 0 Å². The second-order valence-electron chi connectivity index (χ2n) is 5.60. The summed E-state index contributed by atoms with van der Waals surface area (Å²) in [4.78, 5) is 19.1. The number of oxime groups is 1. The lowest BCUT2D eigenvalue weighted by Crippen LogP contribution is -2.40. The zero-order valence-electron chi connectivity index (χ0n) is 13.0. The molecule has 2 aromatic rings. The molecule has 5 nitrogen and oxygen atoms in total. The van der Waals surface area contributed by atoms with Crippen LogP contribution in [0.3, 0.4) is 0 Å². The van der Waals surface area contributed by atoms with Crippen molar-refractivity contribution in [2.45, 2.75) is 25.6 Å². The van der Waals surface area contributed by atoms with Crippen LogP contribution in [0.25, 0.3) is 0 Å². The highest BCUT2D eigenvalue weighted by molar-refractivity contribution is 7.12. The second-order valence-corrected chi connectivity index (χ2v) is 6.55. The number of carbonyl (C=O) groups is 1. The number of hydrogen-bond acceptors (Lipinski definition) is 5. The molecule has 6 heteroatoms. The Bertz CT molecular complexity index is 727. The van der Waals surface area contributed by atoms with Crippen molar-refractivity contribution in [2.24, 2.45) is 5.16 Å². The molecule has 1 N–H and O–H groups in total. The summed E-state index contributed by atoms with van der Waals surface area (Å²) in [7, 11) is 1.64. The number of carbonyl (C=O) groups excluding carboxylic acids is 1. The number of rotatable bonds is 5. The molecule has 0 bridgehead atoms. The Labute approximate surface area is 138 Å². The summed E-state index contributed by atoms with van der Waals surface area (Å²) in [5, 5.41) is 8.97. The van der Waals surface area contributed by atoms with Gasteiger partial charge in [-0.05, 0) is 36.1 Å². The van der Waals surface area contributed by atoms with Gasteiger partial charge in [0, 0.05) is 19.2 Å². The van der Waals surface area contributed by atoms with Gasteiger partial charge in [-0.3, -0.25) is 4.79 Å². The summed E-state index contributed by atoms with van der Waals surface area (Å²) >= 11 is 1.59. The third kappa shape index (κ3) is 3.43. The monoisotopic (exact) mass is 330 g/mol. The number of hydrogen-bond donors (Lipinski definition) is 1. The molecule has 0 unspecified atom stereocenters. The van der Waals surface area contributed by atoms with E-state index in [0.717, 1.165) is 21.8 Å². The molecular formula is C17H18N2O3S. The molecule has 23 heavy (non-hydrogen) atoms. The maximum absolute atomic E-state index is 12.6. The molecule has 1 aliphatic heterocycles. The van der Waals surface area contributed by atoms with Crippen molar-refractivity contribution >= 4 is 28.6 Å². The molecule has 0 radical (unpaired) electrons. The molecule has 1 amide bonds. The normalized spacial score (nSPS) is 20.0. The van der Waals surface area contributed by atoms with Crippen molar-refractivity contribution in [3.8, 4) is 0 Å². The third-order valence-electron chi connectivity index (χ3n) is 3.64. The Hall–Kier alpha value is -2.18. The van der Waals surface area contributed by atoms with Gasteiger partial charge in [0.2, 0.25) is 5.60 Å². The van der Waals surface area contributed by atoms with Gasteiger partial charge in [-0.25, -0.2) is 0 Å². The molecule has 0 spiro atoms. The number of nitrogens with zero attached hydrogens (tertiary/aromatic N) is 1. The maximum atomic E-state index is 12.6. The van der Waals surface area contributed by atoms with Crippen LogP contribution in [0, 0.1) is 0 Å². The Kier molecular flexibility index (Phi) is 4.45. The number of ether oxygens (including phenoxy) is 1. The maximum Gasteiger partial charge on any atom is 0.271 e. The predicted octanol–water partition coefficient (Wildman–Crippen LogP) is 3.42. The molecule has 1 atom stereocenters. The van der Waals surface area contributed by atoms with Crippen molar-refractivity contribution in [3.63, 3.8) is 0 Å². The molecule has 1 aliphatic rings. The number of anilines is 1. The average Bonchev–Trinajstić information content (AvgIpc) is 3.18. The van der Waals surface area contributed by atoms with Crippen molar-refractivity contribution < 1.29 is 14.4 Å². The summed E-state index contributed by atoms with van der Waals surface area (Å²) in [6.45, 7) is 2.26. The summed E-state index contributed by atoms with van der Waals surface area (Å²) in [5.74, 6) is -0.206. The van der Waals surface area contributed by atoms with Crippen molar-refractivity contribution in [1.82, 2.24) is 0 Å². The minimum absolute atomic E-state index is 0.206. The molecule has 1 aromatic carbocycles. The third-order valence-corrected chi connectivity index (χ3v) is 4.56. The van der Waals surface area contributed by atoms with E-state index in [-0.39, 0.29) is 5.91 Å². The van der Waals surface area contributed by atoms with Gasteiger partial charge in [0.05, 0.1) is 11.5 Å². The SMILES string of the molecule is COCc1cccc(NC(=O)[C@@]2(C)CC(c3cccs3)=NO2)c1. The number of thiophene rings is 1. The van der Waals surface area contributed by atoms with E-state index in [1.165, 1.54) is 0 Å². The van der Waals surface area contributed by atoms with Crippen LogP contribution in [-0.4, -0.2) is 24.3 Å². The van der Waals surface area contributed by atoms with Crippen molar-refractivity contribution in [1.29, 1.82) is 0 Å². The highest BCUT2D eigenvalue weighted by Crippen LogP contribution is 2.29. The zero-order chi connectivity index (χ0) is 16.3. The van der Waals surface area contributed by atoms with Gasteiger partial charge in [0.25, 0.3) is 5.91 Å². The van der Waals surface area contributed by atoms with Crippen LogP contribution in [0.15, 0.2) is 46.9 Å². The number of benzene rings is 1. The van der Waals surface area contributed by atoms with E-state index in [4.69, 9.17) is 9.57 Å². The van der Waals surface area contributed by atoms with Crippen molar-refractivity contribution in [2.75, 3.05) is 12.4 Å². The molecule has 0 saturated heterocycles. The topological polar surface area (TPSA) is 59.9 Å². The summed E-state index contributed by atoms with van der Waals surface area (Å²) in [5.41, 5.74) is 1.54. The van der Waals surface area contributed by atoms with Gasteiger partial charge >= 0.3 is 0 Å². The lowest BCUT2D eigenvalue weighted by molar-refractivity contribution is -0.135. The molecule has 0 saturated carbocycles. The highest BCUT2D eigenvalue weighted by atomic mass is 32.1. The molecular weight excluding hydrogens is 312 g/mol. The molecule has 120 valence electrons. The molecule has 1 aromatic heterocycles. The largest absolute Gasteiger partial charge is 0.380 e. The van der Waals surface area contributed by atoms with Crippen LogP contribution in [-0.2, 0) is 21.0 Å². The van der Waals surface area contributed by atoms with Crippen molar-refractivity contribution in [3.05, 3.63) is 52.2 Å². The predicted molar refractivity (Wildman–Crippen MR) is 90.7 cm³/mol. The molecule has 0 fully saturated rings. The standard InChI is InChI=1S/C17H18N2O3S/c1-17(10-14(19-22-17)15-7-4-8-23-15)16(20)18-13-6-3-5-12(9-13)11-21-2/h3-9H,10-11H2,1-2H3,(H,18,20)/t17-/m1/s1. The zero-order valence-corrected chi connectivity index (χ0v) is 13.9. The summed E-state index contributed by atoms with van der Waals surface area (Å²) in [6, 6.07) is 11.5. The lowest BCUT2D eigenvalue weighted by Gasteiger charge is -2.20. The quantitative estimate of drug-likeness (QED) is 0.914. The smallest absolute Gasteiger partial charge is 0.271 e. The fourth-order valence-corrected chi connectivity index (χ4v) is 3.11. The van der Waals surface area contributed by atoms with Crippen LogP contribution in [0.2, 0.25) is 0 Å². The Morgan fingerprint density at radius 2 is 2.30 bits per heavy atom. The fraction of sp³-hybridized carbons (Fsp3) is 0.294. The van der Waals surface area contributed by atoms with Crippen LogP contribution < -0.4 is 5.32 Å². The molecule has 0 aliphatic carbocycles. The second kappa shape index (κ2) is 6.52. The first-order valence-corrected chi connectivity index (χ1v) is 8.17. The van der Waals surface area contributed by atoms with E-state index in [9.17, 15) is 4.79 Å². The van der Waals surface area contributed by atoms with E-state index in [2.05, 4.69) is 10.5 Å². The first-order valence-electron chi connectivity index (χ1n) is 7.29. The van der Waals surface area contributed by atoms with E-state index < -0.39 is 5.60 Å². The van der Waals surface area contributed by atoms with Gasteiger partial charge in [0.15, 0.2) is 0 Å². The van der Waals surface area contributed by atoms with Gasteiger partial charge in [-0.1, -0.05) is 23.4 Å². The van der Waals surface area contributed by atoms with E-state index >= 15 is 0 Å². The minimum Gasteiger partial charge on any atom is -0.380 e. The Morgan fingerprint density at radius 3 is 3.04 bits per heavy atom. The number of methoxy groups -OCH3 is 1.